The third-order valence-corrected chi connectivity index (χ3v) is 1.58. The average Bonchev–Trinajstić information content (AvgIpc) is 2.74. The molecule has 0 amide bonds. The Morgan fingerprint density at radius 2 is 1.47 bits per heavy atom. The quantitative estimate of drug-likeness (QED) is 0.602. The Kier molecular flexibility index (Phi) is 24.7. The molecule has 0 bridgehead atoms. The molecule has 0 unspecified atom stereocenters. The predicted molar refractivity (Wildman–Crippen MR) is 73.9 cm³/mol. The van der Waals surface area contributed by atoms with E-state index >= 15 is 0 Å². The standard InChI is InChI=1S/C8H11N.3C2H6/c1-2-4-7-5-3-6-8(7)9;3*1-2/h2,4,9H,1,3,5-6H2;3*1-2H3/b7-4-,9-8?;;;. The van der Waals surface area contributed by atoms with Crippen LogP contribution in [0, 0.1) is 5.41 Å². The number of allylic oxidation sites excluding steroid dienone is 3. The van der Waals surface area contributed by atoms with Gasteiger partial charge in [-0.2, -0.15) is 0 Å². The molecular weight excluding hydrogens is 182 g/mol. The highest BCUT2D eigenvalue weighted by atomic mass is 14.4. The second-order valence-electron chi connectivity index (χ2n) is 2.26. The van der Waals surface area contributed by atoms with Crippen LogP contribution in [-0.4, -0.2) is 5.71 Å². The van der Waals surface area contributed by atoms with Gasteiger partial charge in [0.15, 0.2) is 0 Å². The van der Waals surface area contributed by atoms with Crippen molar-refractivity contribution in [3.8, 4) is 0 Å². The average molecular weight is 211 g/mol. The maximum atomic E-state index is 7.39. The lowest BCUT2D eigenvalue weighted by Gasteiger charge is -1.90. The molecule has 0 aromatic rings. The van der Waals surface area contributed by atoms with E-state index in [4.69, 9.17) is 5.41 Å². The molecule has 0 aromatic heterocycles. The summed E-state index contributed by atoms with van der Waals surface area (Å²) >= 11 is 0. The third-order valence-electron chi connectivity index (χ3n) is 1.58. The van der Waals surface area contributed by atoms with Gasteiger partial charge in [0.25, 0.3) is 0 Å². The molecular formula is C14H29N. The Morgan fingerprint density at radius 3 is 1.73 bits per heavy atom. The van der Waals surface area contributed by atoms with Crippen molar-refractivity contribution >= 4 is 5.71 Å². The Hall–Kier alpha value is -0.850. The number of hydrogen-bond acceptors (Lipinski definition) is 1. The smallest absolute Gasteiger partial charge is 0.0345 e. The molecule has 90 valence electrons. The van der Waals surface area contributed by atoms with Crippen LogP contribution in [0.5, 0.6) is 0 Å². The molecule has 0 radical (unpaired) electrons. The Labute approximate surface area is 96.8 Å². The Morgan fingerprint density at radius 1 is 1.00 bits per heavy atom. The summed E-state index contributed by atoms with van der Waals surface area (Å²) < 4.78 is 0. The summed E-state index contributed by atoms with van der Waals surface area (Å²) in [5, 5.41) is 7.39. The molecule has 15 heavy (non-hydrogen) atoms. The minimum atomic E-state index is 0.801. The summed E-state index contributed by atoms with van der Waals surface area (Å²) in [6, 6.07) is 0. The molecule has 1 heteroatoms. The highest BCUT2D eigenvalue weighted by molar-refractivity contribution is 5.99. The van der Waals surface area contributed by atoms with E-state index in [0.717, 1.165) is 25.0 Å². The van der Waals surface area contributed by atoms with Crippen LogP contribution in [0.1, 0.15) is 60.8 Å². The topological polar surface area (TPSA) is 23.9 Å². The molecule has 1 aliphatic rings. The van der Waals surface area contributed by atoms with Crippen molar-refractivity contribution in [2.75, 3.05) is 0 Å². The zero-order chi connectivity index (χ0) is 12.7. The molecule has 1 saturated carbocycles. The van der Waals surface area contributed by atoms with Crippen LogP contribution in [0.4, 0.5) is 0 Å². The Bertz CT molecular complexity index is 166. The molecule has 1 N–H and O–H groups in total. The number of hydrogen-bond donors (Lipinski definition) is 1. The van der Waals surface area contributed by atoms with Crippen LogP contribution in [0.15, 0.2) is 24.3 Å². The molecule has 0 saturated heterocycles. The van der Waals surface area contributed by atoms with Gasteiger partial charge in [-0.15, -0.1) is 0 Å². The van der Waals surface area contributed by atoms with Crippen LogP contribution >= 0.6 is 0 Å². The summed E-state index contributed by atoms with van der Waals surface area (Å²) in [4.78, 5) is 0. The fourth-order valence-electron chi connectivity index (χ4n) is 1.09. The van der Waals surface area contributed by atoms with Gasteiger partial charge in [0, 0.05) is 5.71 Å². The van der Waals surface area contributed by atoms with Gasteiger partial charge in [-0.3, -0.25) is 0 Å². The van der Waals surface area contributed by atoms with Crippen molar-refractivity contribution < 1.29 is 0 Å². The van der Waals surface area contributed by atoms with E-state index in [1.165, 1.54) is 5.57 Å². The van der Waals surface area contributed by atoms with Gasteiger partial charge in [-0.1, -0.05) is 60.3 Å². The van der Waals surface area contributed by atoms with Crippen molar-refractivity contribution in [2.24, 2.45) is 0 Å². The Balaban J connectivity index is -0.000000208. The molecule has 0 aliphatic heterocycles. The predicted octanol–water partition coefficient (Wildman–Crippen LogP) is 5.38. The molecule has 0 aromatic carbocycles. The summed E-state index contributed by atoms with van der Waals surface area (Å²) in [5.74, 6) is 0. The summed E-state index contributed by atoms with van der Waals surface area (Å²) in [5.41, 5.74) is 1.97. The molecule has 0 atom stereocenters. The van der Waals surface area contributed by atoms with E-state index in [0.29, 0.717) is 0 Å². The van der Waals surface area contributed by atoms with Gasteiger partial charge >= 0.3 is 0 Å². The monoisotopic (exact) mass is 211 g/mol. The normalized spacial score (nSPS) is 15.1. The maximum absolute atomic E-state index is 7.39. The van der Waals surface area contributed by atoms with E-state index in [1.54, 1.807) is 6.08 Å². The fourth-order valence-corrected chi connectivity index (χ4v) is 1.09. The minimum Gasteiger partial charge on any atom is -0.305 e. The van der Waals surface area contributed by atoms with Gasteiger partial charge < -0.3 is 5.41 Å². The summed E-state index contributed by atoms with van der Waals surface area (Å²) in [7, 11) is 0. The SMILES string of the molecule is C=C/C=C1/CCCC1=N.CC.CC.CC. The minimum absolute atomic E-state index is 0.801. The first kappa shape index (κ1) is 19.7. The van der Waals surface area contributed by atoms with Crippen molar-refractivity contribution in [1.82, 2.24) is 0 Å². The van der Waals surface area contributed by atoms with Gasteiger partial charge in [0.1, 0.15) is 0 Å². The lowest BCUT2D eigenvalue weighted by atomic mass is 10.2. The maximum Gasteiger partial charge on any atom is 0.0345 e. The zero-order valence-corrected chi connectivity index (χ0v) is 11.5. The largest absolute Gasteiger partial charge is 0.305 e. The zero-order valence-electron chi connectivity index (χ0n) is 11.5. The number of nitrogens with one attached hydrogen (secondary N) is 1. The van der Waals surface area contributed by atoms with Crippen molar-refractivity contribution in [3.05, 3.63) is 24.3 Å². The molecule has 1 fully saturated rings. The highest BCUT2D eigenvalue weighted by Gasteiger charge is 2.11. The van der Waals surface area contributed by atoms with Crippen molar-refractivity contribution in [1.29, 1.82) is 5.41 Å². The van der Waals surface area contributed by atoms with Crippen LogP contribution in [0.2, 0.25) is 0 Å². The van der Waals surface area contributed by atoms with E-state index in [1.807, 2.05) is 47.6 Å². The van der Waals surface area contributed by atoms with Gasteiger partial charge in [0.2, 0.25) is 0 Å². The lowest BCUT2D eigenvalue weighted by Crippen LogP contribution is -1.87. The molecule has 0 heterocycles. The molecule has 1 aliphatic carbocycles. The van der Waals surface area contributed by atoms with Crippen LogP contribution < -0.4 is 0 Å². The van der Waals surface area contributed by atoms with E-state index < -0.39 is 0 Å². The third kappa shape index (κ3) is 11.1. The van der Waals surface area contributed by atoms with Gasteiger partial charge in [0.05, 0.1) is 0 Å². The van der Waals surface area contributed by atoms with Gasteiger partial charge in [-0.25, -0.2) is 0 Å². The van der Waals surface area contributed by atoms with E-state index in [2.05, 4.69) is 6.58 Å². The summed E-state index contributed by atoms with van der Waals surface area (Å²) in [6.45, 7) is 15.6. The second kappa shape index (κ2) is 18.8. The van der Waals surface area contributed by atoms with E-state index in [9.17, 15) is 0 Å². The first-order valence-electron chi connectivity index (χ1n) is 6.24. The van der Waals surface area contributed by atoms with Crippen LogP contribution in [0.3, 0.4) is 0 Å². The van der Waals surface area contributed by atoms with Crippen molar-refractivity contribution in [2.45, 2.75) is 60.8 Å². The van der Waals surface area contributed by atoms with Crippen LogP contribution in [0.25, 0.3) is 0 Å². The summed E-state index contributed by atoms with van der Waals surface area (Å²) in [6.07, 6.45) is 6.88. The fraction of sp³-hybridized carbons (Fsp3) is 0.643. The second-order valence-corrected chi connectivity index (χ2v) is 2.26. The van der Waals surface area contributed by atoms with Crippen molar-refractivity contribution in [3.63, 3.8) is 0 Å². The first-order valence-corrected chi connectivity index (χ1v) is 6.24. The lowest BCUT2D eigenvalue weighted by molar-refractivity contribution is 0.946. The molecule has 1 rings (SSSR count). The van der Waals surface area contributed by atoms with E-state index in [-0.39, 0.29) is 0 Å². The molecule has 0 spiro atoms. The van der Waals surface area contributed by atoms with Crippen LogP contribution in [-0.2, 0) is 0 Å². The molecule has 1 nitrogen and oxygen atoms in total. The highest BCUT2D eigenvalue weighted by Crippen LogP contribution is 2.19. The van der Waals surface area contributed by atoms with Gasteiger partial charge in [-0.05, 0) is 24.8 Å². The number of rotatable bonds is 1. The first-order chi connectivity index (χ1) is 7.34.